The van der Waals surface area contributed by atoms with Crippen molar-refractivity contribution in [2.45, 2.75) is 20.4 Å². The minimum absolute atomic E-state index is 0.157. The fraction of sp³-hybridized carbons (Fsp3) is 0.231. The van der Waals surface area contributed by atoms with E-state index in [0.717, 1.165) is 10.0 Å². The molecule has 0 fully saturated rings. The summed E-state index contributed by atoms with van der Waals surface area (Å²) in [4.78, 5) is 23.6. The van der Waals surface area contributed by atoms with E-state index in [-0.39, 0.29) is 11.1 Å². The van der Waals surface area contributed by atoms with Gasteiger partial charge in [-0.1, -0.05) is 28.1 Å². The van der Waals surface area contributed by atoms with Gasteiger partial charge in [-0.25, -0.2) is 4.68 Å². The lowest BCUT2D eigenvalue weighted by atomic mass is 10.2. The molecule has 0 aliphatic carbocycles. The fourth-order valence-corrected chi connectivity index (χ4v) is 1.94. The highest BCUT2D eigenvalue weighted by atomic mass is 79.9. The average Bonchev–Trinajstić information content (AvgIpc) is 2.36. The quantitative estimate of drug-likeness (QED) is 0.922. The van der Waals surface area contributed by atoms with Crippen molar-refractivity contribution in [1.29, 1.82) is 0 Å². The molecule has 0 saturated carbocycles. The molecule has 0 atom stereocenters. The van der Waals surface area contributed by atoms with Crippen LogP contribution in [-0.2, 0) is 6.54 Å². The van der Waals surface area contributed by atoms with Gasteiger partial charge in [0.1, 0.15) is 0 Å². The molecule has 0 bridgehead atoms. The van der Waals surface area contributed by atoms with E-state index in [2.05, 4.69) is 21.0 Å². The van der Waals surface area contributed by atoms with E-state index in [1.165, 1.54) is 4.68 Å². The van der Waals surface area contributed by atoms with E-state index in [1.54, 1.807) is 13.8 Å². The van der Waals surface area contributed by atoms with Crippen LogP contribution in [0.4, 0.5) is 0 Å². The first-order valence-corrected chi connectivity index (χ1v) is 6.33. The molecular weight excluding hydrogens is 296 g/mol. The monoisotopic (exact) mass is 308 g/mol. The van der Waals surface area contributed by atoms with Gasteiger partial charge in [0, 0.05) is 15.6 Å². The minimum Gasteiger partial charge on any atom is -0.268 e. The fourth-order valence-electron chi connectivity index (χ4n) is 1.67. The Bertz CT molecular complexity index is 684. The smallest absolute Gasteiger partial charge is 0.268 e. The second-order valence-corrected chi connectivity index (χ2v) is 5.12. The van der Waals surface area contributed by atoms with Gasteiger partial charge in [0.25, 0.3) is 11.1 Å². The first kappa shape index (κ1) is 12.8. The van der Waals surface area contributed by atoms with E-state index in [0.29, 0.717) is 17.7 Å². The SMILES string of the molecule is Cc1c(C)c(=O)n(Cc2ccc(Br)cc2)[nH]c1=O. The Labute approximate surface area is 112 Å². The summed E-state index contributed by atoms with van der Waals surface area (Å²) in [5.41, 5.74) is 1.56. The predicted molar refractivity (Wildman–Crippen MR) is 74.0 cm³/mol. The highest BCUT2D eigenvalue weighted by Gasteiger charge is 2.07. The Morgan fingerprint density at radius 2 is 1.72 bits per heavy atom. The summed E-state index contributed by atoms with van der Waals surface area (Å²) in [5, 5.41) is 2.58. The summed E-state index contributed by atoms with van der Waals surface area (Å²) < 4.78 is 2.32. The molecule has 0 radical (unpaired) electrons. The average molecular weight is 309 g/mol. The van der Waals surface area contributed by atoms with Crippen LogP contribution in [0.1, 0.15) is 16.7 Å². The molecular formula is C13H13BrN2O2. The van der Waals surface area contributed by atoms with Crippen LogP contribution in [0, 0.1) is 13.8 Å². The second kappa shape index (κ2) is 4.94. The summed E-state index contributed by atoms with van der Waals surface area (Å²) in [6.07, 6.45) is 0. The lowest BCUT2D eigenvalue weighted by Crippen LogP contribution is -2.33. The van der Waals surface area contributed by atoms with Crippen LogP contribution in [0.5, 0.6) is 0 Å². The van der Waals surface area contributed by atoms with E-state index >= 15 is 0 Å². The molecule has 5 heteroatoms. The van der Waals surface area contributed by atoms with Crippen molar-refractivity contribution in [3.8, 4) is 0 Å². The van der Waals surface area contributed by atoms with Crippen LogP contribution in [-0.4, -0.2) is 9.78 Å². The van der Waals surface area contributed by atoms with Gasteiger partial charge in [-0.3, -0.25) is 14.7 Å². The maximum Gasteiger partial charge on any atom is 0.268 e. The Morgan fingerprint density at radius 1 is 1.11 bits per heavy atom. The third-order valence-corrected chi connectivity index (χ3v) is 3.49. The first-order chi connectivity index (χ1) is 8.49. The van der Waals surface area contributed by atoms with Crippen LogP contribution in [0.15, 0.2) is 38.3 Å². The third kappa shape index (κ3) is 2.46. The summed E-state index contributed by atoms with van der Waals surface area (Å²) in [6.45, 7) is 3.69. The highest BCUT2D eigenvalue weighted by molar-refractivity contribution is 9.10. The van der Waals surface area contributed by atoms with E-state index in [4.69, 9.17) is 0 Å². The van der Waals surface area contributed by atoms with Gasteiger partial charge in [0.15, 0.2) is 0 Å². The van der Waals surface area contributed by atoms with Crippen LogP contribution >= 0.6 is 15.9 Å². The van der Waals surface area contributed by atoms with Gasteiger partial charge < -0.3 is 0 Å². The molecule has 0 saturated heterocycles. The van der Waals surface area contributed by atoms with Gasteiger partial charge in [-0.05, 0) is 31.5 Å². The molecule has 18 heavy (non-hydrogen) atoms. The van der Waals surface area contributed by atoms with E-state index in [9.17, 15) is 9.59 Å². The van der Waals surface area contributed by atoms with Crippen molar-refractivity contribution in [2.75, 3.05) is 0 Å². The van der Waals surface area contributed by atoms with Gasteiger partial charge >= 0.3 is 0 Å². The predicted octanol–water partition coefficient (Wildman–Crippen LogP) is 1.96. The number of halogens is 1. The maximum absolute atomic E-state index is 12.0. The number of rotatable bonds is 2. The van der Waals surface area contributed by atoms with Crippen molar-refractivity contribution in [3.63, 3.8) is 0 Å². The number of benzene rings is 1. The van der Waals surface area contributed by atoms with Crippen molar-refractivity contribution in [3.05, 3.63) is 66.1 Å². The van der Waals surface area contributed by atoms with Crippen LogP contribution < -0.4 is 11.1 Å². The number of nitrogens with zero attached hydrogens (tertiary/aromatic N) is 1. The van der Waals surface area contributed by atoms with Crippen LogP contribution in [0.25, 0.3) is 0 Å². The second-order valence-electron chi connectivity index (χ2n) is 4.21. The molecule has 1 aromatic carbocycles. The summed E-state index contributed by atoms with van der Waals surface area (Å²) in [5.74, 6) is 0. The number of aromatic amines is 1. The normalized spacial score (nSPS) is 10.6. The van der Waals surface area contributed by atoms with Crippen molar-refractivity contribution in [1.82, 2.24) is 9.78 Å². The Balaban J connectivity index is 2.44. The molecule has 94 valence electrons. The first-order valence-electron chi connectivity index (χ1n) is 5.54. The molecule has 1 aromatic heterocycles. The molecule has 0 unspecified atom stereocenters. The number of hydrogen-bond acceptors (Lipinski definition) is 2. The molecule has 1 heterocycles. The Kier molecular flexibility index (Phi) is 3.52. The van der Waals surface area contributed by atoms with Gasteiger partial charge in [0.05, 0.1) is 6.54 Å². The zero-order valence-corrected chi connectivity index (χ0v) is 11.7. The number of hydrogen-bond donors (Lipinski definition) is 1. The zero-order chi connectivity index (χ0) is 13.3. The topological polar surface area (TPSA) is 54.9 Å². The molecule has 1 N–H and O–H groups in total. The number of aromatic nitrogens is 2. The molecule has 0 spiro atoms. The lowest BCUT2D eigenvalue weighted by molar-refractivity contribution is 0.618. The number of nitrogens with one attached hydrogen (secondary N) is 1. The standard InChI is InChI=1S/C13H13BrN2O2/c1-8-9(2)13(18)16(15-12(8)17)7-10-3-5-11(14)6-4-10/h3-6H,7H2,1-2H3,(H,15,17). The molecule has 2 rings (SSSR count). The highest BCUT2D eigenvalue weighted by Crippen LogP contribution is 2.10. The largest absolute Gasteiger partial charge is 0.268 e. The summed E-state index contributed by atoms with van der Waals surface area (Å²) in [7, 11) is 0. The zero-order valence-electron chi connectivity index (χ0n) is 10.2. The Hall–Kier alpha value is -1.62. The van der Waals surface area contributed by atoms with Gasteiger partial charge in [0.2, 0.25) is 0 Å². The van der Waals surface area contributed by atoms with Crippen molar-refractivity contribution < 1.29 is 0 Å². The third-order valence-electron chi connectivity index (χ3n) is 2.96. The van der Waals surface area contributed by atoms with Gasteiger partial charge in [-0.15, -0.1) is 0 Å². The molecule has 0 amide bonds. The van der Waals surface area contributed by atoms with Crippen molar-refractivity contribution in [2.24, 2.45) is 0 Å². The molecule has 0 aliphatic heterocycles. The molecule has 0 aliphatic rings. The van der Waals surface area contributed by atoms with Gasteiger partial charge in [-0.2, -0.15) is 0 Å². The van der Waals surface area contributed by atoms with E-state index in [1.807, 2.05) is 24.3 Å². The van der Waals surface area contributed by atoms with E-state index < -0.39 is 0 Å². The Morgan fingerprint density at radius 3 is 2.33 bits per heavy atom. The van der Waals surface area contributed by atoms with Crippen molar-refractivity contribution >= 4 is 15.9 Å². The molecule has 4 nitrogen and oxygen atoms in total. The molecule has 2 aromatic rings. The minimum atomic E-state index is -0.218. The summed E-state index contributed by atoms with van der Waals surface area (Å²) in [6, 6.07) is 7.62. The number of H-pyrrole nitrogens is 1. The lowest BCUT2D eigenvalue weighted by Gasteiger charge is -2.08. The summed E-state index contributed by atoms with van der Waals surface area (Å²) >= 11 is 3.35. The van der Waals surface area contributed by atoms with Crippen LogP contribution in [0.2, 0.25) is 0 Å². The van der Waals surface area contributed by atoms with Crippen LogP contribution in [0.3, 0.4) is 0 Å². The maximum atomic E-state index is 12.0.